The van der Waals surface area contributed by atoms with Gasteiger partial charge in [-0.3, -0.25) is 4.79 Å². The van der Waals surface area contributed by atoms with Crippen LogP contribution in [0.15, 0.2) is 12.2 Å². The Balaban J connectivity index is 1.34. The molecule has 3 heterocycles. The van der Waals surface area contributed by atoms with Crippen LogP contribution in [0.25, 0.3) is 0 Å². The summed E-state index contributed by atoms with van der Waals surface area (Å²) in [6.45, 7) is 1.87. The van der Waals surface area contributed by atoms with Crippen LogP contribution in [0.4, 0.5) is 0 Å². The lowest BCUT2D eigenvalue weighted by Crippen LogP contribution is -2.66. The highest BCUT2D eigenvalue weighted by atomic mass is 16.8. The molecule has 0 radical (unpaired) electrons. The van der Waals surface area contributed by atoms with E-state index in [1.807, 2.05) is 0 Å². The van der Waals surface area contributed by atoms with Gasteiger partial charge in [0.15, 0.2) is 18.9 Å². The average Bonchev–Trinajstić information content (AvgIpc) is 0.781. The van der Waals surface area contributed by atoms with Crippen LogP contribution < -0.4 is 5.32 Å². The third-order valence-corrected chi connectivity index (χ3v) is 21.8. The number of aliphatic hydroxyl groups excluding tert-OH is 11. The zero-order chi connectivity index (χ0) is 73.9. The molecule has 0 aliphatic carbocycles. The Bertz CT molecular complexity index is 1890. The summed E-state index contributed by atoms with van der Waals surface area (Å²) in [5.41, 5.74) is 0. The molecule has 0 aromatic heterocycles. The van der Waals surface area contributed by atoms with Crippen molar-refractivity contribution in [2.24, 2.45) is 0 Å². The molecular weight excluding hydrogens is 1300 g/mol. The maximum absolute atomic E-state index is 13.5. The molecule has 3 fully saturated rings. The van der Waals surface area contributed by atoms with Crippen molar-refractivity contribution in [3.8, 4) is 0 Å². The van der Waals surface area contributed by atoms with Gasteiger partial charge >= 0.3 is 0 Å². The third kappa shape index (κ3) is 43.7. The molecule has 19 heteroatoms. The maximum atomic E-state index is 13.5. The van der Waals surface area contributed by atoms with Crippen molar-refractivity contribution >= 4 is 5.91 Å². The molecule has 3 aliphatic heterocycles. The number of unbranched alkanes of at least 4 members (excludes halogenated alkanes) is 52. The van der Waals surface area contributed by atoms with Gasteiger partial charge < -0.3 is 89.9 Å². The summed E-state index contributed by atoms with van der Waals surface area (Å²) in [6.07, 6.45) is 50.3. The van der Waals surface area contributed by atoms with Crippen LogP contribution in [-0.2, 0) is 33.2 Å². The van der Waals surface area contributed by atoms with Crippen LogP contribution >= 0.6 is 0 Å². The molecule has 0 aromatic rings. The summed E-state index contributed by atoms with van der Waals surface area (Å²) in [7, 11) is 0. The van der Waals surface area contributed by atoms with Crippen molar-refractivity contribution in [2.75, 3.05) is 26.4 Å². The molecule has 0 bridgehead atoms. The van der Waals surface area contributed by atoms with Crippen molar-refractivity contribution in [2.45, 2.75) is 484 Å². The smallest absolute Gasteiger partial charge is 0.220 e. The van der Waals surface area contributed by atoms with E-state index in [4.69, 9.17) is 28.4 Å². The van der Waals surface area contributed by atoms with Crippen LogP contribution in [0.2, 0.25) is 0 Å². The topological polar surface area (TPSA) is 307 Å². The molecule has 17 atom stereocenters. The van der Waals surface area contributed by atoms with Crippen LogP contribution in [0.1, 0.15) is 380 Å². The number of carbonyl (C=O) groups is 1. The number of ether oxygens (including phenoxy) is 6. The SMILES string of the molecule is CCCCCCCCCC/C=C\CCCCCCCCCCCCCCCC(=O)NC(COC1OC(CO)C(OC2OC(CO)C(OC3OC(CO)C(O)C(O)C3O)C(O)C2O)C(O)C1O)C(O)CCCCCCCCCCCCCCCCCCCCCCCCCCCCCCCCCC. The predicted octanol–water partition coefficient (Wildman–Crippen LogP) is 15.1. The number of hydrogen-bond donors (Lipinski definition) is 12. The molecule has 0 saturated carbocycles. The van der Waals surface area contributed by atoms with Gasteiger partial charge in [0.2, 0.25) is 5.91 Å². The summed E-state index contributed by atoms with van der Waals surface area (Å²) < 4.78 is 34.6. The van der Waals surface area contributed by atoms with E-state index in [9.17, 15) is 61.0 Å². The predicted molar refractivity (Wildman–Crippen MR) is 407 cm³/mol. The van der Waals surface area contributed by atoms with E-state index in [0.717, 1.165) is 44.9 Å². The molecule has 12 N–H and O–H groups in total. The number of carbonyl (C=O) groups excluding carboxylic acids is 1. The third-order valence-electron chi connectivity index (χ3n) is 21.8. The molecule has 604 valence electrons. The Labute approximate surface area is 620 Å². The lowest BCUT2D eigenvalue weighted by molar-refractivity contribution is -0.379. The molecule has 0 spiro atoms. The number of rotatable bonds is 70. The minimum absolute atomic E-state index is 0.235. The highest BCUT2D eigenvalue weighted by molar-refractivity contribution is 5.76. The fourth-order valence-electron chi connectivity index (χ4n) is 15.0. The number of nitrogens with one attached hydrogen (secondary N) is 1. The van der Waals surface area contributed by atoms with E-state index in [1.165, 1.54) is 302 Å². The van der Waals surface area contributed by atoms with Gasteiger partial charge in [0.05, 0.1) is 38.6 Å². The van der Waals surface area contributed by atoms with Gasteiger partial charge in [0.1, 0.15) is 73.2 Å². The summed E-state index contributed by atoms with van der Waals surface area (Å²) in [5, 5.41) is 121. The number of amides is 1. The lowest BCUT2D eigenvalue weighted by atomic mass is 9.96. The number of aliphatic hydroxyl groups is 11. The molecule has 1 amide bonds. The lowest BCUT2D eigenvalue weighted by Gasteiger charge is -2.48. The van der Waals surface area contributed by atoms with Crippen molar-refractivity contribution in [3.63, 3.8) is 0 Å². The van der Waals surface area contributed by atoms with Gasteiger partial charge in [-0.05, 0) is 38.5 Å². The first-order valence-electron chi connectivity index (χ1n) is 42.9. The van der Waals surface area contributed by atoms with Crippen LogP contribution in [0, 0.1) is 0 Å². The van der Waals surface area contributed by atoms with E-state index in [2.05, 4.69) is 31.3 Å². The number of allylic oxidation sites excluding steroid dienone is 2. The summed E-state index contributed by atoms with van der Waals surface area (Å²) in [4.78, 5) is 13.5. The Morgan fingerprint density at radius 2 is 0.618 bits per heavy atom. The van der Waals surface area contributed by atoms with Gasteiger partial charge in [-0.15, -0.1) is 0 Å². The summed E-state index contributed by atoms with van der Waals surface area (Å²) in [5.74, 6) is -0.235. The maximum Gasteiger partial charge on any atom is 0.220 e. The van der Waals surface area contributed by atoms with Crippen LogP contribution in [0.5, 0.6) is 0 Å². The summed E-state index contributed by atoms with van der Waals surface area (Å²) >= 11 is 0. The fraction of sp³-hybridized carbons (Fsp3) is 0.964. The zero-order valence-electron chi connectivity index (χ0n) is 64.9. The second kappa shape index (κ2) is 64.4. The van der Waals surface area contributed by atoms with Gasteiger partial charge in [-0.1, -0.05) is 347 Å². The Kier molecular flexibility index (Phi) is 59.8. The summed E-state index contributed by atoms with van der Waals surface area (Å²) in [6, 6.07) is -0.886. The van der Waals surface area contributed by atoms with E-state index < -0.39 is 124 Å². The monoisotopic (exact) mass is 1460 g/mol. The van der Waals surface area contributed by atoms with Crippen molar-refractivity contribution < 1.29 is 89.4 Å². The number of hydrogen-bond acceptors (Lipinski definition) is 18. The molecular formula is C83H159NO18. The normalized spacial score (nSPS) is 26.1. The minimum atomic E-state index is -1.97. The highest BCUT2D eigenvalue weighted by Gasteiger charge is 2.54. The zero-order valence-corrected chi connectivity index (χ0v) is 64.9. The van der Waals surface area contributed by atoms with Crippen molar-refractivity contribution in [1.29, 1.82) is 0 Å². The molecule has 0 aromatic carbocycles. The first kappa shape index (κ1) is 94.7. The Morgan fingerprint density at radius 3 is 0.951 bits per heavy atom. The van der Waals surface area contributed by atoms with E-state index in [0.29, 0.717) is 12.8 Å². The van der Waals surface area contributed by atoms with Gasteiger partial charge in [-0.2, -0.15) is 0 Å². The quantitative estimate of drug-likeness (QED) is 0.0199. The fourth-order valence-corrected chi connectivity index (χ4v) is 15.0. The first-order valence-corrected chi connectivity index (χ1v) is 42.9. The molecule has 102 heavy (non-hydrogen) atoms. The standard InChI is InChI=1S/C83H159NO18/c1-3-5-7-9-11-13-15-17-19-21-23-25-27-29-30-31-32-33-34-35-37-38-40-42-44-46-48-50-52-54-56-58-60-67(88)66(84-71(89)61-59-57-55-53-51-49-47-45-43-41-39-36-28-26-24-22-20-18-16-14-12-10-8-6-4-2)65-97-81-77(95)74(92)79(69(63-86)99-81)102-83-78(96)75(93)80(70(64-87)100-83)101-82-76(94)73(91)72(90)68(62-85)98-82/h22,24,66-70,72-83,85-88,90-96H,3-21,23,25-65H2,1-2H3,(H,84,89)/b24-22-. The van der Waals surface area contributed by atoms with Crippen LogP contribution in [-0.4, -0.2) is 193 Å². The van der Waals surface area contributed by atoms with Crippen LogP contribution in [0.3, 0.4) is 0 Å². The molecule has 3 aliphatic rings. The largest absolute Gasteiger partial charge is 0.394 e. The minimum Gasteiger partial charge on any atom is -0.394 e. The van der Waals surface area contributed by atoms with E-state index in [-0.39, 0.29) is 18.9 Å². The Hall–Kier alpha value is -1.47. The van der Waals surface area contributed by atoms with Gasteiger partial charge in [0, 0.05) is 6.42 Å². The highest BCUT2D eigenvalue weighted by Crippen LogP contribution is 2.34. The van der Waals surface area contributed by atoms with Crippen molar-refractivity contribution in [1.82, 2.24) is 5.32 Å². The van der Waals surface area contributed by atoms with E-state index >= 15 is 0 Å². The molecule has 3 rings (SSSR count). The molecule has 3 saturated heterocycles. The first-order chi connectivity index (χ1) is 49.8. The average molecular weight is 1460 g/mol. The second-order valence-corrected chi connectivity index (χ2v) is 31.0. The van der Waals surface area contributed by atoms with Gasteiger partial charge in [-0.25, -0.2) is 0 Å². The van der Waals surface area contributed by atoms with E-state index in [1.54, 1.807) is 0 Å². The Morgan fingerprint density at radius 1 is 0.343 bits per heavy atom. The van der Waals surface area contributed by atoms with Crippen molar-refractivity contribution in [3.05, 3.63) is 12.2 Å². The molecule has 19 nitrogen and oxygen atoms in total. The second-order valence-electron chi connectivity index (χ2n) is 31.0. The molecule has 17 unspecified atom stereocenters. The van der Waals surface area contributed by atoms with Gasteiger partial charge in [0.25, 0.3) is 0 Å².